The monoisotopic (exact) mass is 506 g/mol. The number of sulfonamides is 1. The van der Waals surface area contributed by atoms with E-state index in [2.05, 4.69) is 5.32 Å². The van der Waals surface area contributed by atoms with Gasteiger partial charge in [-0.25, -0.2) is 8.42 Å². The lowest BCUT2D eigenvalue weighted by atomic mass is 10.2. The van der Waals surface area contributed by atoms with Gasteiger partial charge in [0.15, 0.2) is 6.61 Å². The zero-order chi connectivity index (χ0) is 23.6. The number of para-hydroxylation sites is 1. The first-order valence-electron chi connectivity index (χ1n) is 9.96. The Balaban J connectivity index is 1.45. The SMILES string of the molecule is COc1ccc(Cl)cc1NC(=O)COc1ccc(S(=O)(=O)N2CCc3ccccc32)cc1Cl. The number of anilines is 2. The number of ether oxygens (including phenoxy) is 2. The molecule has 33 heavy (non-hydrogen) atoms. The van der Waals surface area contributed by atoms with Gasteiger partial charge in [0.25, 0.3) is 15.9 Å². The van der Waals surface area contributed by atoms with Crippen LogP contribution in [0.1, 0.15) is 5.56 Å². The summed E-state index contributed by atoms with van der Waals surface area (Å²) in [6, 6.07) is 16.4. The normalized spacial score (nSPS) is 12.9. The second-order valence-corrected chi connectivity index (χ2v) is 9.94. The lowest BCUT2D eigenvalue weighted by Gasteiger charge is -2.20. The van der Waals surface area contributed by atoms with Crippen molar-refractivity contribution in [1.82, 2.24) is 0 Å². The Labute approximate surface area is 201 Å². The molecule has 0 bridgehead atoms. The van der Waals surface area contributed by atoms with Crippen molar-refractivity contribution in [2.24, 2.45) is 0 Å². The van der Waals surface area contributed by atoms with Crippen LogP contribution in [0.5, 0.6) is 11.5 Å². The fourth-order valence-corrected chi connectivity index (χ4v) is 5.55. The number of amides is 1. The van der Waals surface area contributed by atoms with Crippen molar-refractivity contribution < 1.29 is 22.7 Å². The first kappa shape index (κ1) is 23.2. The van der Waals surface area contributed by atoms with E-state index in [1.807, 2.05) is 12.1 Å². The van der Waals surface area contributed by atoms with Gasteiger partial charge in [0, 0.05) is 11.6 Å². The smallest absolute Gasteiger partial charge is 0.264 e. The Bertz CT molecular complexity index is 1310. The number of nitrogens with one attached hydrogen (secondary N) is 1. The van der Waals surface area contributed by atoms with Crippen LogP contribution in [0.2, 0.25) is 10.0 Å². The van der Waals surface area contributed by atoms with Crippen LogP contribution in [-0.4, -0.2) is 34.6 Å². The highest BCUT2D eigenvalue weighted by Gasteiger charge is 2.31. The van der Waals surface area contributed by atoms with Crippen LogP contribution in [0, 0.1) is 0 Å². The molecule has 1 aliphatic heterocycles. The average molecular weight is 507 g/mol. The van der Waals surface area contributed by atoms with Crippen LogP contribution in [0.4, 0.5) is 11.4 Å². The molecule has 0 saturated heterocycles. The summed E-state index contributed by atoms with van der Waals surface area (Å²) < 4.78 is 38.4. The van der Waals surface area contributed by atoms with Crippen molar-refractivity contribution in [2.45, 2.75) is 11.3 Å². The molecular weight excluding hydrogens is 487 g/mol. The second-order valence-electron chi connectivity index (χ2n) is 7.23. The van der Waals surface area contributed by atoms with Gasteiger partial charge >= 0.3 is 0 Å². The van der Waals surface area contributed by atoms with Gasteiger partial charge in [0.2, 0.25) is 0 Å². The first-order chi connectivity index (χ1) is 15.8. The van der Waals surface area contributed by atoms with Gasteiger partial charge in [-0.3, -0.25) is 9.10 Å². The summed E-state index contributed by atoms with van der Waals surface area (Å²) in [5.41, 5.74) is 2.05. The topological polar surface area (TPSA) is 84.9 Å². The second kappa shape index (κ2) is 9.51. The number of fused-ring (bicyclic) bond motifs is 1. The van der Waals surface area contributed by atoms with Crippen molar-refractivity contribution in [2.75, 3.05) is 29.9 Å². The van der Waals surface area contributed by atoms with Gasteiger partial charge < -0.3 is 14.8 Å². The van der Waals surface area contributed by atoms with E-state index < -0.39 is 15.9 Å². The average Bonchev–Trinajstić information content (AvgIpc) is 3.23. The van der Waals surface area contributed by atoms with Crippen molar-refractivity contribution in [3.63, 3.8) is 0 Å². The highest BCUT2D eigenvalue weighted by molar-refractivity contribution is 7.92. The molecular formula is C23H20Cl2N2O5S. The van der Waals surface area contributed by atoms with Crippen molar-refractivity contribution >= 4 is 50.5 Å². The number of carbonyl (C=O) groups excluding carboxylic acids is 1. The number of methoxy groups -OCH3 is 1. The molecule has 0 saturated carbocycles. The number of carbonyl (C=O) groups is 1. The van der Waals surface area contributed by atoms with Crippen LogP contribution in [0.25, 0.3) is 0 Å². The number of hydrogen-bond donors (Lipinski definition) is 1. The van der Waals surface area contributed by atoms with Crippen LogP contribution in [0.15, 0.2) is 65.6 Å². The lowest BCUT2D eigenvalue weighted by molar-refractivity contribution is -0.118. The van der Waals surface area contributed by atoms with Gasteiger partial charge in [-0.1, -0.05) is 41.4 Å². The van der Waals surface area contributed by atoms with Crippen molar-refractivity contribution in [3.8, 4) is 11.5 Å². The number of hydrogen-bond acceptors (Lipinski definition) is 5. The third-order valence-corrected chi connectivity index (χ3v) is 7.47. The Kier molecular flexibility index (Phi) is 6.69. The van der Waals surface area contributed by atoms with Gasteiger partial charge in [-0.2, -0.15) is 0 Å². The quantitative estimate of drug-likeness (QED) is 0.498. The molecule has 0 aliphatic carbocycles. The molecule has 0 spiro atoms. The zero-order valence-corrected chi connectivity index (χ0v) is 19.9. The molecule has 4 rings (SSSR count). The summed E-state index contributed by atoms with van der Waals surface area (Å²) >= 11 is 12.2. The van der Waals surface area contributed by atoms with Crippen LogP contribution in [0.3, 0.4) is 0 Å². The third-order valence-electron chi connectivity index (χ3n) is 5.13. The van der Waals surface area contributed by atoms with Gasteiger partial charge in [-0.15, -0.1) is 0 Å². The highest BCUT2D eigenvalue weighted by Crippen LogP contribution is 2.35. The van der Waals surface area contributed by atoms with Gasteiger partial charge in [0.1, 0.15) is 11.5 Å². The fraction of sp³-hybridized carbons (Fsp3) is 0.174. The van der Waals surface area contributed by atoms with E-state index in [9.17, 15) is 13.2 Å². The maximum absolute atomic E-state index is 13.2. The summed E-state index contributed by atoms with van der Waals surface area (Å²) in [6.07, 6.45) is 0.650. The molecule has 1 amide bonds. The summed E-state index contributed by atoms with van der Waals surface area (Å²) in [5.74, 6) is 0.173. The molecule has 0 unspecified atom stereocenters. The molecule has 0 atom stereocenters. The number of rotatable bonds is 7. The minimum atomic E-state index is -3.79. The summed E-state index contributed by atoms with van der Waals surface area (Å²) in [4.78, 5) is 12.4. The minimum Gasteiger partial charge on any atom is -0.495 e. The van der Waals surface area contributed by atoms with E-state index in [1.165, 1.54) is 29.6 Å². The first-order valence-corrected chi connectivity index (χ1v) is 12.2. The van der Waals surface area contributed by atoms with E-state index in [0.717, 1.165) is 5.56 Å². The molecule has 3 aromatic rings. The van der Waals surface area contributed by atoms with E-state index >= 15 is 0 Å². The maximum atomic E-state index is 13.2. The molecule has 1 heterocycles. The van der Waals surface area contributed by atoms with Crippen LogP contribution < -0.4 is 19.1 Å². The number of benzene rings is 3. The summed E-state index contributed by atoms with van der Waals surface area (Å²) in [5, 5.41) is 3.17. The predicted octanol–water partition coefficient (Wildman–Crippen LogP) is 4.77. The van der Waals surface area contributed by atoms with Gasteiger partial charge in [-0.05, 0) is 54.4 Å². The van der Waals surface area contributed by atoms with Crippen molar-refractivity contribution in [3.05, 3.63) is 76.3 Å². The molecule has 0 fully saturated rings. The van der Waals surface area contributed by atoms with Crippen LogP contribution in [-0.2, 0) is 21.2 Å². The zero-order valence-electron chi connectivity index (χ0n) is 17.5. The Morgan fingerprint density at radius 2 is 1.82 bits per heavy atom. The molecule has 7 nitrogen and oxygen atoms in total. The lowest BCUT2D eigenvalue weighted by Crippen LogP contribution is -2.29. The molecule has 3 aromatic carbocycles. The number of halogens is 2. The fourth-order valence-electron chi connectivity index (χ4n) is 3.55. The maximum Gasteiger partial charge on any atom is 0.264 e. The summed E-state index contributed by atoms with van der Waals surface area (Å²) in [7, 11) is -2.31. The molecule has 10 heteroatoms. The van der Waals surface area contributed by atoms with Gasteiger partial charge in [0.05, 0.1) is 28.4 Å². The minimum absolute atomic E-state index is 0.0460. The predicted molar refractivity (Wildman–Crippen MR) is 128 cm³/mol. The summed E-state index contributed by atoms with van der Waals surface area (Å²) in [6.45, 7) is 0.0195. The van der Waals surface area contributed by atoms with E-state index in [0.29, 0.717) is 35.1 Å². The third kappa shape index (κ3) is 4.88. The number of nitrogens with zero attached hydrogens (tertiary/aromatic N) is 1. The van der Waals surface area contributed by atoms with E-state index in [1.54, 1.807) is 30.3 Å². The highest BCUT2D eigenvalue weighted by atomic mass is 35.5. The van der Waals surface area contributed by atoms with E-state index in [-0.39, 0.29) is 22.3 Å². The molecule has 0 aromatic heterocycles. The Hall–Kier alpha value is -2.94. The Morgan fingerprint density at radius 1 is 1.06 bits per heavy atom. The molecule has 1 N–H and O–H groups in total. The standard InChI is InChI=1S/C23H20Cl2N2O5S/c1-31-22-8-6-16(24)12-19(22)26-23(28)14-32-21-9-7-17(13-18(21)25)33(29,30)27-11-10-15-4-2-3-5-20(15)27/h2-9,12-13H,10-11,14H2,1H3,(H,26,28). The molecule has 1 aliphatic rings. The molecule has 0 radical (unpaired) electrons. The largest absolute Gasteiger partial charge is 0.495 e. The Morgan fingerprint density at radius 3 is 2.58 bits per heavy atom. The van der Waals surface area contributed by atoms with Crippen LogP contribution >= 0.6 is 23.2 Å². The van der Waals surface area contributed by atoms with Crippen molar-refractivity contribution in [1.29, 1.82) is 0 Å². The molecule has 172 valence electrons. The van der Waals surface area contributed by atoms with E-state index in [4.69, 9.17) is 32.7 Å².